The Bertz CT molecular complexity index is 1390. The maximum Gasteiger partial charge on any atom is 0.270 e. The first-order valence-corrected chi connectivity index (χ1v) is 11.2. The molecule has 172 valence electrons. The SMILES string of the molecule is O=C(Nc1ccc2c(c1)cc(C(=O)N1CCCC1)n2Cc1cccc(F)c1)c1cccc(F)c1. The Morgan fingerprint density at radius 2 is 1.59 bits per heavy atom. The van der Waals surface area contributed by atoms with Crippen LogP contribution in [0.3, 0.4) is 0 Å². The van der Waals surface area contributed by atoms with E-state index in [9.17, 15) is 18.4 Å². The van der Waals surface area contributed by atoms with Crippen LogP contribution in [0, 0.1) is 11.6 Å². The molecule has 7 heteroatoms. The van der Waals surface area contributed by atoms with Crippen molar-refractivity contribution in [1.82, 2.24) is 9.47 Å². The van der Waals surface area contributed by atoms with Gasteiger partial charge in [0.25, 0.3) is 11.8 Å². The molecule has 1 saturated heterocycles. The first-order chi connectivity index (χ1) is 16.5. The van der Waals surface area contributed by atoms with Crippen molar-refractivity contribution >= 4 is 28.4 Å². The van der Waals surface area contributed by atoms with Crippen molar-refractivity contribution in [3.05, 3.63) is 101 Å². The van der Waals surface area contributed by atoms with Crippen molar-refractivity contribution in [2.45, 2.75) is 19.4 Å². The predicted octanol–water partition coefficient (Wildman–Crippen LogP) is 5.46. The summed E-state index contributed by atoms with van der Waals surface area (Å²) in [6, 6.07) is 19.0. The van der Waals surface area contributed by atoms with Crippen molar-refractivity contribution in [2.75, 3.05) is 18.4 Å². The Morgan fingerprint density at radius 3 is 2.32 bits per heavy atom. The number of fused-ring (bicyclic) bond motifs is 1. The molecule has 5 nitrogen and oxygen atoms in total. The van der Waals surface area contributed by atoms with Gasteiger partial charge in [-0.25, -0.2) is 8.78 Å². The number of carbonyl (C=O) groups is 2. The molecule has 1 aliphatic heterocycles. The van der Waals surface area contributed by atoms with Gasteiger partial charge >= 0.3 is 0 Å². The minimum Gasteiger partial charge on any atom is -0.337 e. The zero-order chi connectivity index (χ0) is 23.7. The third-order valence-corrected chi connectivity index (χ3v) is 6.09. The Balaban J connectivity index is 1.51. The van der Waals surface area contributed by atoms with Crippen LogP contribution < -0.4 is 5.32 Å². The summed E-state index contributed by atoms with van der Waals surface area (Å²) in [6.45, 7) is 1.77. The molecule has 0 aliphatic carbocycles. The number of likely N-dealkylation sites (tertiary alicyclic amines) is 1. The van der Waals surface area contributed by atoms with Crippen LogP contribution in [0.5, 0.6) is 0 Å². The molecule has 2 heterocycles. The number of hydrogen-bond acceptors (Lipinski definition) is 2. The van der Waals surface area contributed by atoms with E-state index in [0.717, 1.165) is 42.4 Å². The zero-order valence-corrected chi connectivity index (χ0v) is 18.4. The van der Waals surface area contributed by atoms with Crippen LogP contribution in [-0.4, -0.2) is 34.4 Å². The van der Waals surface area contributed by atoms with Crippen molar-refractivity contribution in [3.63, 3.8) is 0 Å². The lowest BCUT2D eigenvalue weighted by Gasteiger charge is -2.17. The fourth-order valence-corrected chi connectivity index (χ4v) is 4.43. The summed E-state index contributed by atoms with van der Waals surface area (Å²) in [6.07, 6.45) is 1.96. The van der Waals surface area contributed by atoms with Crippen LogP contribution in [0.25, 0.3) is 10.9 Å². The number of nitrogens with one attached hydrogen (secondary N) is 1. The van der Waals surface area contributed by atoms with Crippen molar-refractivity contribution in [3.8, 4) is 0 Å². The average molecular weight is 459 g/mol. The predicted molar refractivity (Wildman–Crippen MR) is 127 cm³/mol. The van der Waals surface area contributed by atoms with Crippen LogP contribution in [0.4, 0.5) is 14.5 Å². The van der Waals surface area contributed by atoms with E-state index in [1.807, 2.05) is 27.7 Å². The number of benzene rings is 3. The van der Waals surface area contributed by atoms with Gasteiger partial charge in [0.15, 0.2) is 0 Å². The lowest BCUT2D eigenvalue weighted by atomic mass is 10.2. The van der Waals surface area contributed by atoms with Gasteiger partial charge in [-0.2, -0.15) is 0 Å². The highest BCUT2D eigenvalue weighted by atomic mass is 19.1. The second kappa shape index (κ2) is 9.09. The van der Waals surface area contributed by atoms with Crippen molar-refractivity contribution < 1.29 is 18.4 Å². The molecule has 1 aromatic heterocycles. The summed E-state index contributed by atoms with van der Waals surface area (Å²) in [7, 11) is 0. The lowest BCUT2D eigenvalue weighted by Crippen LogP contribution is -2.29. The van der Waals surface area contributed by atoms with Gasteiger partial charge < -0.3 is 14.8 Å². The number of amides is 2. The Hall–Kier alpha value is -4.00. The Kier molecular flexibility index (Phi) is 5.84. The third kappa shape index (κ3) is 4.41. The Labute approximate surface area is 195 Å². The molecule has 4 aromatic rings. The van der Waals surface area contributed by atoms with Crippen LogP contribution in [-0.2, 0) is 6.54 Å². The molecule has 0 radical (unpaired) electrons. The quantitative estimate of drug-likeness (QED) is 0.431. The number of nitrogens with zero attached hydrogens (tertiary/aromatic N) is 2. The van der Waals surface area contributed by atoms with E-state index >= 15 is 0 Å². The van der Waals surface area contributed by atoms with Crippen LogP contribution in [0.2, 0.25) is 0 Å². The molecule has 1 aliphatic rings. The summed E-state index contributed by atoms with van der Waals surface area (Å²) < 4.78 is 29.2. The molecule has 0 atom stereocenters. The number of anilines is 1. The minimum atomic E-state index is -0.484. The molecular weight excluding hydrogens is 436 g/mol. The molecule has 0 spiro atoms. The van der Waals surface area contributed by atoms with Crippen molar-refractivity contribution in [2.24, 2.45) is 0 Å². The second-order valence-electron chi connectivity index (χ2n) is 8.48. The summed E-state index contributed by atoms with van der Waals surface area (Å²) in [5.74, 6) is -1.30. The molecule has 3 aromatic carbocycles. The first-order valence-electron chi connectivity index (χ1n) is 11.2. The maximum atomic E-state index is 13.8. The number of rotatable bonds is 5. The van der Waals surface area contributed by atoms with Gasteiger partial charge in [-0.3, -0.25) is 9.59 Å². The number of carbonyl (C=O) groups excluding carboxylic acids is 2. The van der Waals surface area contributed by atoms with E-state index in [1.165, 1.54) is 30.3 Å². The van der Waals surface area contributed by atoms with E-state index in [0.29, 0.717) is 17.9 Å². The topological polar surface area (TPSA) is 54.3 Å². The monoisotopic (exact) mass is 459 g/mol. The number of hydrogen-bond donors (Lipinski definition) is 1. The van der Waals surface area contributed by atoms with Gasteiger partial charge in [0.1, 0.15) is 17.3 Å². The normalized spacial score (nSPS) is 13.4. The Morgan fingerprint density at radius 1 is 0.853 bits per heavy atom. The molecule has 0 unspecified atom stereocenters. The van der Waals surface area contributed by atoms with Crippen LogP contribution in [0.15, 0.2) is 72.8 Å². The maximum absolute atomic E-state index is 13.8. The van der Waals surface area contributed by atoms with Gasteiger partial charge in [-0.1, -0.05) is 18.2 Å². The number of halogens is 2. The highest BCUT2D eigenvalue weighted by Crippen LogP contribution is 2.27. The largest absolute Gasteiger partial charge is 0.337 e. The third-order valence-electron chi connectivity index (χ3n) is 6.09. The molecule has 5 rings (SSSR count). The van der Waals surface area contributed by atoms with Crippen LogP contribution in [0.1, 0.15) is 39.3 Å². The smallest absolute Gasteiger partial charge is 0.270 e. The van der Waals surface area contributed by atoms with Gasteiger partial charge in [-0.05, 0) is 73.0 Å². The summed E-state index contributed by atoms with van der Waals surface area (Å²) in [4.78, 5) is 27.7. The fourth-order valence-electron chi connectivity index (χ4n) is 4.43. The molecular formula is C27H23F2N3O2. The molecule has 34 heavy (non-hydrogen) atoms. The number of aromatic nitrogens is 1. The highest BCUT2D eigenvalue weighted by Gasteiger charge is 2.24. The molecule has 1 N–H and O–H groups in total. The van der Waals surface area contributed by atoms with Crippen LogP contribution >= 0.6 is 0 Å². The molecule has 1 fully saturated rings. The van der Waals surface area contributed by atoms with E-state index in [1.54, 1.807) is 24.3 Å². The lowest BCUT2D eigenvalue weighted by molar-refractivity contribution is 0.0783. The van der Waals surface area contributed by atoms with E-state index < -0.39 is 11.7 Å². The minimum absolute atomic E-state index is 0.0598. The summed E-state index contributed by atoms with van der Waals surface area (Å²) >= 11 is 0. The van der Waals surface area contributed by atoms with Crippen molar-refractivity contribution in [1.29, 1.82) is 0 Å². The molecule has 2 amide bonds. The fraction of sp³-hybridized carbons (Fsp3) is 0.185. The molecule has 0 bridgehead atoms. The van der Waals surface area contributed by atoms with Gasteiger partial charge in [0, 0.05) is 41.8 Å². The first kappa shape index (κ1) is 21.8. The molecule has 0 saturated carbocycles. The zero-order valence-electron chi connectivity index (χ0n) is 18.4. The summed E-state index contributed by atoms with van der Waals surface area (Å²) in [5, 5.41) is 3.56. The average Bonchev–Trinajstić information content (AvgIpc) is 3.47. The van der Waals surface area contributed by atoms with Gasteiger partial charge in [0.2, 0.25) is 0 Å². The summed E-state index contributed by atoms with van der Waals surface area (Å²) in [5.41, 5.74) is 2.82. The van der Waals surface area contributed by atoms with Gasteiger partial charge in [0.05, 0.1) is 0 Å². The van der Waals surface area contributed by atoms with Gasteiger partial charge in [-0.15, -0.1) is 0 Å². The van der Waals surface area contributed by atoms with E-state index in [-0.39, 0.29) is 17.3 Å². The highest BCUT2D eigenvalue weighted by molar-refractivity contribution is 6.06. The standard InChI is InChI=1S/C27H23F2N3O2/c28-21-7-3-5-18(13-21)17-32-24-10-9-23(30-26(33)19-6-4-8-22(29)14-19)15-20(24)16-25(32)27(34)31-11-1-2-12-31/h3-10,13-16H,1-2,11-12,17H2,(H,30,33). The van der Waals surface area contributed by atoms with E-state index in [4.69, 9.17) is 0 Å². The second-order valence-corrected chi connectivity index (χ2v) is 8.48. The van der Waals surface area contributed by atoms with E-state index in [2.05, 4.69) is 5.32 Å².